The summed E-state index contributed by atoms with van der Waals surface area (Å²) in [6, 6.07) is 132. The standard InChI is InChI=1S/3C22H21N2.3C18H14N.3Ir/c1-15(2)14-24-21-10-5-4-7-17(21)18-8-6-9-19(22(18)24)20-12-11-16(3)13-23-20;1-15(2)14-24-21-7-5-4-6-18(21)19-10-9-17(12-22(19)24)20-11-8-16(3)13-23-20;1-15(2)14-24-21-7-5-4-6-18(21)19-12-17(9-11-22(19)24)20-10-8-16(3)13-23-20;3*1-14-12-18(16-10-6-3-7-11-16)19-13-17(14)15-8-4-2-5-9-15;;;/h3*4-8,10-13,15H,14H2,1-3H3;3*2-10,12-13H,1H3;;;/q6*-1;;;. The summed E-state index contributed by atoms with van der Waals surface area (Å²) in [7, 11) is 0. The van der Waals surface area contributed by atoms with Crippen LogP contribution in [0.25, 0.3) is 166 Å². The smallest absolute Gasteiger partial charge is 0.0391 e. The first kappa shape index (κ1) is 96.4. The van der Waals surface area contributed by atoms with Gasteiger partial charge in [-0.15, -0.1) is 179 Å². The van der Waals surface area contributed by atoms with E-state index in [4.69, 9.17) is 0 Å². The van der Waals surface area contributed by atoms with Gasteiger partial charge in [-0.2, -0.15) is 0 Å². The quantitative estimate of drug-likeness (QED) is 0.0950. The van der Waals surface area contributed by atoms with Crippen molar-refractivity contribution in [2.45, 2.75) is 103 Å². The van der Waals surface area contributed by atoms with E-state index in [1.165, 1.54) is 132 Å². The number of benzene rings is 12. The Balaban J connectivity index is 0.000000134. The molecule has 21 rings (SSSR count). The maximum atomic E-state index is 4.64. The molecule has 0 bridgehead atoms. The van der Waals surface area contributed by atoms with Gasteiger partial charge in [0.2, 0.25) is 0 Å². The Morgan fingerprint density at radius 1 is 0.242 bits per heavy atom. The zero-order valence-corrected chi connectivity index (χ0v) is 83.7. The molecule has 0 spiro atoms. The van der Waals surface area contributed by atoms with Gasteiger partial charge < -0.3 is 43.6 Å². The SMILES string of the molecule is Cc1cc(-c2[c-]cccc2)ncc1-c1ccccc1.Cc1cc(-c2[c-]cccc2)ncc1-c1ccccc1.Cc1cc(-c2[c-]cccc2)ncc1-c1ccccc1.Cc1ccc(-c2[c-]cc3c(c2)c2ccccc2n3CC(C)C)nc1.Cc1ccc(-c2[c-]cc3c4ccccc4n(CC(C)C)c3c2)nc1.Cc1ccc(-c2[c-]ccc3c4ccccc4n(CC(C)C)c23)nc1.[Ir].[Ir].[Ir]. The molecule has 0 aliphatic rings. The van der Waals surface area contributed by atoms with E-state index in [1.807, 2.05) is 171 Å². The molecule has 132 heavy (non-hydrogen) atoms. The molecule has 0 amide bonds. The number of aromatic nitrogens is 9. The zero-order chi connectivity index (χ0) is 89.3. The summed E-state index contributed by atoms with van der Waals surface area (Å²) in [6.07, 6.45) is 11.6. The maximum Gasteiger partial charge on any atom is 0.0391 e. The van der Waals surface area contributed by atoms with Gasteiger partial charge in [0.1, 0.15) is 0 Å². The first-order chi connectivity index (χ1) is 62.9. The largest absolute Gasteiger partial charge is 0.380 e. The van der Waals surface area contributed by atoms with E-state index in [1.54, 1.807) is 0 Å². The van der Waals surface area contributed by atoms with Gasteiger partial charge in [0.05, 0.1) is 0 Å². The fourth-order valence-corrected chi connectivity index (χ4v) is 16.6. The van der Waals surface area contributed by atoms with Gasteiger partial charge in [-0.3, -0.25) is 0 Å². The number of fused-ring (bicyclic) bond motifs is 9. The van der Waals surface area contributed by atoms with E-state index >= 15 is 0 Å². The minimum atomic E-state index is 0. The maximum absolute atomic E-state index is 4.64. The number of rotatable bonds is 15. The molecule has 12 aromatic carbocycles. The van der Waals surface area contributed by atoms with E-state index in [9.17, 15) is 0 Å². The van der Waals surface area contributed by atoms with Gasteiger partial charge in [-0.05, 0) is 194 Å². The van der Waals surface area contributed by atoms with Crippen LogP contribution in [0.5, 0.6) is 0 Å². The van der Waals surface area contributed by atoms with Gasteiger partial charge in [-0.1, -0.05) is 258 Å². The predicted molar refractivity (Wildman–Crippen MR) is 539 cm³/mol. The molecule has 0 unspecified atom stereocenters. The van der Waals surface area contributed by atoms with Crippen LogP contribution < -0.4 is 0 Å². The van der Waals surface area contributed by atoms with Gasteiger partial charge >= 0.3 is 0 Å². The van der Waals surface area contributed by atoms with Crippen molar-refractivity contribution in [3.05, 3.63) is 435 Å². The van der Waals surface area contributed by atoms with Crippen molar-refractivity contribution in [2.24, 2.45) is 17.8 Å². The molecule has 9 nitrogen and oxygen atoms in total. The Labute approximate surface area is 818 Å². The number of aryl methyl sites for hydroxylation is 6. The van der Waals surface area contributed by atoms with Gasteiger partial charge in [-0.25, -0.2) is 0 Å². The molecule has 0 aliphatic heterocycles. The fourth-order valence-electron chi connectivity index (χ4n) is 16.6. The molecule has 0 fully saturated rings. The molecule has 9 heterocycles. The second kappa shape index (κ2) is 45.6. The normalized spacial score (nSPS) is 10.8. The summed E-state index contributed by atoms with van der Waals surface area (Å²) >= 11 is 0. The molecule has 21 aromatic rings. The summed E-state index contributed by atoms with van der Waals surface area (Å²) in [4.78, 5) is 27.4. The van der Waals surface area contributed by atoms with E-state index in [0.29, 0.717) is 17.8 Å². The van der Waals surface area contributed by atoms with Crippen molar-refractivity contribution in [3.8, 4) is 101 Å². The number of hydrogen-bond acceptors (Lipinski definition) is 6. The van der Waals surface area contributed by atoms with Crippen LogP contribution in [-0.2, 0) is 80.0 Å². The van der Waals surface area contributed by atoms with Crippen molar-refractivity contribution in [3.63, 3.8) is 0 Å². The van der Waals surface area contributed by atoms with Crippen LogP contribution >= 0.6 is 0 Å². The second-order valence-electron chi connectivity index (χ2n) is 34.2. The van der Waals surface area contributed by atoms with Crippen molar-refractivity contribution in [2.75, 3.05) is 0 Å². The predicted octanol–water partition coefficient (Wildman–Crippen LogP) is 30.4. The molecule has 3 radical (unpaired) electrons. The summed E-state index contributed by atoms with van der Waals surface area (Å²) in [6.45, 7) is 29.1. The Morgan fingerprint density at radius 3 is 0.970 bits per heavy atom. The molecule has 663 valence electrons. The van der Waals surface area contributed by atoms with Crippen molar-refractivity contribution in [1.29, 1.82) is 0 Å². The van der Waals surface area contributed by atoms with Crippen LogP contribution in [0.4, 0.5) is 0 Å². The van der Waals surface area contributed by atoms with Gasteiger partial charge in [0, 0.05) is 150 Å². The van der Waals surface area contributed by atoms with E-state index < -0.39 is 0 Å². The Hall–Kier alpha value is -13.1. The topological polar surface area (TPSA) is 92.1 Å². The van der Waals surface area contributed by atoms with Crippen molar-refractivity contribution < 1.29 is 60.3 Å². The molecule has 0 saturated carbocycles. The molecule has 0 aliphatic carbocycles. The first-order valence-corrected chi connectivity index (χ1v) is 44.5. The molecule has 0 N–H and O–H groups in total. The molecular weight excluding hydrogens is 2140 g/mol. The average Bonchev–Trinajstić information content (AvgIpc) is 1.61. The van der Waals surface area contributed by atoms with E-state index in [0.717, 1.165) is 87.2 Å². The molecule has 9 aromatic heterocycles. The van der Waals surface area contributed by atoms with E-state index in [-0.39, 0.29) is 60.3 Å². The minimum absolute atomic E-state index is 0. The van der Waals surface area contributed by atoms with Crippen molar-refractivity contribution in [1.82, 2.24) is 43.6 Å². The second-order valence-corrected chi connectivity index (χ2v) is 34.2. The van der Waals surface area contributed by atoms with Gasteiger partial charge in [0.15, 0.2) is 0 Å². The zero-order valence-electron chi connectivity index (χ0n) is 76.5. The van der Waals surface area contributed by atoms with Crippen molar-refractivity contribution >= 4 is 65.4 Å². The Kier molecular flexibility index (Phi) is 33.3. The van der Waals surface area contributed by atoms with Crippen LogP contribution in [-0.4, -0.2) is 43.6 Å². The number of para-hydroxylation sites is 3. The summed E-state index contributed by atoms with van der Waals surface area (Å²) in [5, 5.41) is 7.73. The third-order valence-corrected chi connectivity index (χ3v) is 22.9. The molecule has 12 heteroatoms. The monoisotopic (exact) mass is 2250 g/mol. The van der Waals surface area contributed by atoms with Gasteiger partial charge in [0.25, 0.3) is 0 Å². The van der Waals surface area contributed by atoms with Crippen LogP contribution in [0.15, 0.2) is 365 Å². The Bertz CT molecular complexity index is 7010. The average molecular weight is 2250 g/mol. The van der Waals surface area contributed by atoms with Crippen LogP contribution in [0.3, 0.4) is 0 Å². The Morgan fingerprint density at radius 2 is 0.583 bits per heavy atom. The number of pyridine rings is 6. The number of nitrogens with zero attached hydrogens (tertiary/aromatic N) is 9. The number of hydrogen-bond donors (Lipinski definition) is 0. The first-order valence-electron chi connectivity index (χ1n) is 44.5. The minimum Gasteiger partial charge on any atom is -0.380 e. The molecular formula is C120H105Ir3N9-6. The fraction of sp³-hybridized carbons (Fsp3) is 0.150. The van der Waals surface area contributed by atoms with Crippen LogP contribution in [0, 0.1) is 95.7 Å². The van der Waals surface area contributed by atoms with Crippen LogP contribution in [0.2, 0.25) is 0 Å². The summed E-state index contributed by atoms with van der Waals surface area (Å²) in [5.74, 6) is 1.76. The van der Waals surface area contributed by atoms with Crippen LogP contribution in [0.1, 0.15) is 74.9 Å². The third kappa shape index (κ3) is 23.1. The van der Waals surface area contributed by atoms with E-state index in [2.05, 4.69) is 357 Å². The third-order valence-electron chi connectivity index (χ3n) is 22.9. The summed E-state index contributed by atoms with van der Waals surface area (Å²) in [5.41, 5.74) is 34.1. The molecule has 0 saturated heterocycles. The summed E-state index contributed by atoms with van der Waals surface area (Å²) < 4.78 is 7.28. The molecule has 0 atom stereocenters.